The Kier molecular flexibility index (Phi) is 5.60. The first-order valence-corrected chi connectivity index (χ1v) is 7.41. The van der Waals surface area contributed by atoms with E-state index in [-0.39, 0.29) is 11.8 Å². The molecule has 2 fully saturated rings. The minimum absolute atomic E-state index is 0.0975. The molecule has 1 saturated heterocycles. The summed E-state index contributed by atoms with van der Waals surface area (Å²) < 4.78 is 16.3. The second-order valence-corrected chi connectivity index (χ2v) is 5.24. The Morgan fingerprint density at radius 3 is 2.63 bits per heavy atom. The van der Waals surface area contributed by atoms with Crippen LogP contribution in [0.25, 0.3) is 0 Å². The third-order valence-electron chi connectivity index (χ3n) is 3.86. The van der Waals surface area contributed by atoms with Crippen LogP contribution in [0.4, 0.5) is 0 Å². The monoisotopic (exact) mass is 271 g/mol. The largest absolute Gasteiger partial charge is 0.466 e. The van der Waals surface area contributed by atoms with E-state index in [0.717, 1.165) is 51.9 Å². The van der Waals surface area contributed by atoms with Crippen molar-refractivity contribution in [2.24, 2.45) is 0 Å². The molecule has 5 nitrogen and oxygen atoms in total. The van der Waals surface area contributed by atoms with Crippen molar-refractivity contribution < 1.29 is 19.0 Å². The molecular formula is C14H25NO4. The zero-order chi connectivity index (χ0) is 13.6. The standard InChI is InChI=1S/C14H25NO4/c1-2-17-13(16)4-3-9-15-12-5-7-14(8-6-12)18-10-11-19-14/h12,15H,2-11H2,1H3. The van der Waals surface area contributed by atoms with Gasteiger partial charge in [0.15, 0.2) is 5.79 Å². The average Bonchev–Trinajstić information content (AvgIpc) is 2.86. The van der Waals surface area contributed by atoms with E-state index in [4.69, 9.17) is 14.2 Å². The molecule has 1 N–H and O–H groups in total. The van der Waals surface area contributed by atoms with Gasteiger partial charge < -0.3 is 19.5 Å². The van der Waals surface area contributed by atoms with Crippen LogP contribution in [0, 0.1) is 0 Å². The number of carbonyl (C=O) groups is 1. The maximum absolute atomic E-state index is 11.2. The van der Waals surface area contributed by atoms with Crippen molar-refractivity contribution in [2.45, 2.75) is 57.3 Å². The van der Waals surface area contributed by atoms with Crippen LogP contribution in [-0.2, 0) is 19.0 Å². The summed E-state index contributed by atoms with van der Waals surface area (Å²) >= 11 is 0. The molecule has 0 radical (unpaired) electrons. The third-order valence-corrected chi connectivity index (χ3v) is 3.86. The molecule has 1 saturated carbocycles. The fraction of sp³-hybridized carbons (Fsp3) is 0.929. The summed E-state index contributed by atoms with van der Waals surface area (Å²) in [6.45, 7) is 4.64. The van der Waals surface area contributed by atoms with Crippen LogP contribution in [-0.4, -0.2) is 44.2 Å². The van der Waals surface area contributed by atoms with Gasteiger partial charge in [0.2, 0.25) is 0 Å². The number of hydrogen-bond donors (Lipinski definition) is 1. The van der Waals surface area contributed by atoms with E-state index >= 15 is 0 Å². The van der Waals surface area contributed by atoms with Gasteiger partial charge in [-0.3, -0.25) is 4.79 Å². The van der Waals surface area contributed by atoms with Gasteiger partial charge in [0.1, 0.15) is 0 Å². The predicted molar refractivity (Wildman–Crippen MR) is 70.8 cm³/mol. The highest BCUT2D eigenvalue weighted by atomic mass is 16.7. The second-order valence-electron chi connectivity index (χ2n) is 5.24. The molecule has 0 atom stereocenters. The highest BCUT2D eigenvalue weighted by Crippen LogP contribution is 2.35. The van der Waals surface area contributed by atoms with Crippen molar-refractivity contribution in [2.75, 3.05) is 26.4 Å². The maximum Gasteiger partial charge on any atom is 0.305 e. The van der Waals surface area contributed by atoms with Crippen molar-refractivity contribution in [1.29, 1.82) is 0 Å². The van der Waals surface area contributed by atoms with Crippen molar-refractivity contribution >= 4 is 5.97 Å². The first-order chi connectivity index (χ1) is 9.24. The Morgan fingerprint density at radius 2 is 2.00 bits per heavy atom. The zero-order valence-electron chi connectivity index (χ0n) is 11.8. The van der Waals surface area contributed by atoms with Gasteiger partial charge in [0, 0.05) is 25.3 Å². The summed E-state index contributed by atoms with van der Waals surface area (Å²) in [5.74, 6) is -0.372. The molecule has 0 amide bonds. The Morgan fingerprint density at radius 1 is 1.32 bits per heavy atom. The highest BCUT2D eigenvalue weighted by Gasteiger charge is 2.39. The van der Waals surface area contributed by atoms with Gasteiger partial charge in [-0.2, -0.15) is 0 Å². The third kappa shape index (κ3) is 4.44. The quantitative estimate of drug-likeness (QED) is 0.587. The molecule has 1 aliphatic heterocycles. The summed E-state index contributed by atoms with van der Waals surface area (Å²) in [4.78, 5) is 11.2. The molecule has 0 aromatic rings. The van der Waals surface area contributed by atoms with Crippen LogP contribution in [0.3, 0.4) is 0 Å². The summed E-state index contributed by atoms with van der Waals surface area (Å²) in [6.07, 6.45) is 5.46. The Bertz CT molecular complexity index is 279. The van der Waals surface area contributed by atoms with Gasteiger partial charge in [-0.25, -0.2) is 0 Å². The highest BCUT2D eigenvalue weighted by molar-refractivity contribution is 5.69. The van der Waals surface area contributed by atoms with Crippen LogP contribution in [0.1, 0.15) is 45.4 Å². The lowest BCUT2D eigenvalue weighted by Gasteiger charge is -2.35. The van der Waals surface area contributed by atoms with Crippen molar-refractivity contribution in [3.8, 4) is 0 Å². The van der Waals surface area contributed by atoms with E-state index in [1.165, 1.54) is 0 Å². The molecule has 110 valence electrons. The van der Waals surface area contributed by atoms with E-state index in [1.807, 2.05) is 6.92 Å². The lowest BCUT2D eigenvalue weighted by Crippen LogP contribution is -2.42. The van der Waals surface area contributed by atoms with Crippen LogP contribution in [0.15, 0.2) is 0 Å². The van der Waals surface area contributed by atoms with Gasteiger partial charge in [0.25, 0.3) is 0 Å². The number of esters is 1. The summed E-state index contributed by atoms with van der Waals surface area (Å²) in [5.41, 5.74) is 0. The van der Waals surface area contributed by atoms with E-state index in [0.29, 0.717) is 19.1 Å². The lowest BCUT2D eigenvalue weighted by molar-refractivity contribution is -0.179. The maximum atomic E-state index is 11.2. The van der Waals surface area contributed by atoms with Crippen molar-refractivity contribution in [3.05, 3.63) is 0 Å². The molecule has 0 bridgehead atoms. The predicted octanol–water partition coefficient (Wildman–Crippen LogP) is 1.60. The molecule has 1 heterocycles. The molecular weight excluding hydrogens is 246 g/mol. The smallest absolute Gasteiger partial charge is 0.305 e. The fourth-order valence-corrected chi connectivity index (χ4v) is 2.82. The van der Waals surface area contributed by atoms with Gasteiger partial charge in [0.05, 0.1) is 19.8 Å². The second kappa shape index (κ2) is 7.22. The van der Waals surface area contributed by atoms with Crippen LogP contribution < -0.4 is 5.32 Å². The van der Waals surface area contributed by atoms with Crippen molar-refractivity contribution in [3.63, 3.8) is 0 Å². The molecule has 5 heteroatoms. The summed E-state index contributed by atoms with van der Waals surface area (Å²) in [5, 5.41) is 3.51. The number of nitrogens with one attached hydrogen (secondary N) is 1. The molecule has 0 unspecified atom stereocenters. The molecule has 2 aliphatic rings. The topological polar surface area (TPSA) is 56.8 Å². The molecule has 0 aromatic carbocycles. The minimum atomic E-state index is -0.275. The van der Waals surface area contributed by atoms with Gasteiger partial charge >= 0.3 is 5.97 Å². The normalized spacial score (nSPS) is 22.8. The molecule has 1 spiro atoms. The SMILES string of the molecule is CCOC(=O)CCCNC1CCC2(CC1)OCCO2. The summed E-state index contributed by atoms with van der Waals surface area (Å²) in [7, 11) is 0. The summed E-state index contributed by atoms with van der Waals surface area (Å²) in [6, 6.07) is 0.528. The number of hydrogen-bond acceptors (Lipinski definition) is 5. The van der Waals surface area contributed by atoms with E-state index in [9.17, 15) is 4.79 Å². The number of carbonyl (C=O) groups excluding carboxylic acids is 1. The zero-order valence-corrected chi connectivity index (χ0v) is 11.8. The Hall–Kier alpha value is -0.650. The van der Waals surface area contributed by atoms with Crippen LogP contribution in [0.2, 0.25) is 0 Å². The van der Waals surface area contributed by atoms with Crippen molar-refractivity contribution in [1.82, 2.24) is 5.32 Å². The van der Waals surface area contributed by atoms with Crippen LogP contribution >= 0.6 is 0 Å². The minimum Gasteiger partial charge on any atom is -0.466 e. The molecule has 2 rings (SSSR count). The number of ether oxygens (including phenoxy) is 3. The van der Waals surface area contributed by atoms with E-state index in [1.54, 1.807) is 0 Å². The number of rotatable bonds is 6. The molecule has 0 aromatic heterocycles. The first-order valence-electron chi connectivity index (χ1n) is 7.41. The average molecular weight is 271 g/mol. The van der Waals surface area contributed by atoms with Gasteiger partial charge in [-0.15, -0.1) is 0 Å². The molecule has 19 heavy (non-hydrogen) atoms. The van der Waals surface area contributed by atoms with E-state index in [2.05, 4.69) is 5.32 Å². The Labute approximate surface area is 115 Å². The Balaban J connectivity index is 1.55. The van der Waals surface area contributed by atoms with Gasteiger partial charge in [-0.1, -0.05) is 0 Å². The van der Waals surface area contributed by atoms with Gasteiger partial charge in [-0.05, 0) is 32.7 Å². The van der Waals surface area contributed by atoms with Crippen LogP contribution in [0.5, 0.6) is 0 Å². The lowest BCUT2D eigenvalue weighted by atomic mass is 9.90. The van der Waals surface area contributed by atoms with E-state index < -0.39 is 0 Å². The first kappa shape index (κ1) is 14.8. The molecule has 1 aliphatic carbocycles. The fourth-order valence-electron chi connectivity index (χ4n) is 2.82.